The Kier molecular flexibility index (Phi) is 6.88. The number of benzene rings is 2. The molecular formula is C24H29BrFN3. The Hall–Kier alpha value is -1.85. The summed E-state index contributed by atoms with van der Waals surface area (Å²) in [6.45, 7) is 5.24. The summed E-state index contributed by atoms with van der Waals surface area (Å²) in [5, 5.41) is 3.58. The van der Waals surface area contributed by atoms with Crippen molar-refractivity contribution in [1.82, 2.24) is 10.2 Å². The van der Waals surface area contributed by atoms with Gasteiger partial charge in [-0.05, 0) is 86.7 Å². The zero-order valence-corrected chi connectivity index (χ0v) is 18.4. The van der Waals surface area contributed by atoms with Gasteiger partial charge in [-0.3, -0.25) is 0 Å². The van der Waals surface area contributed by atoms with Crippen LogP contribution in [0.5, 0.6) is 0 Å². The number of hydrogen-bond acceptors (Lipinski definition) is 3. The maximum Gasteiger partial charge on any atom is 0.123 e. The maximum absolute atomic E-state index is 13.5. The Bertz CT molecular complexity index is 831. The molecule has 4 rings (SSSR count). The first kappa shape index (κ1) is 20.4. The number of halogens is 2. The van der Waals surface area contributed by atoms with E-state index in [0.717, 1.165) is 55.7 Å². The van der Waals surface area contributed by atoms with Crippen molar-refractivity contribution in [2.75, 3.05) is 37.7 Å². The van der Waals surface area contributed by atoms with Crippen molar-refractivity contribution < 1.29 is 4.39 Å². The minimum absolute atomic E-state index is 0.139. The summed E-state index contributed by atoms with van der Waals surface area (Å²) in [5.74, 6) is 0.510. The molecule has 2 aliphatic rings. The summed E-state index contributed by atoms with van der Waals surface area (Å²) in [6, 6.07) is 15.6. The lowest BCUT2D eigenvalue weighted by Gasteiger charge is -2.34. The molecule has 0 spiro atoms. The fourth-order valence-corrected chi connectivity index (χ4v) is 4.69. The molecule has 0 unspecified atom stereocenters. The second-order valence-corrected chi connectivity index (χ2v) is 8.95. The fourth-order valence-electron chi connectivity index (χ4n) is 4.28. The molecule has 2 heterocycles. The topological polar surface area (TPSA) is 18.5 Å². The number of rotatable bonds is 6. The molecule has 1 N–H and O–H groups in total. The Morgan fingerprint density at radius 1 is 1.07 bits per heavy atom. The van der Waals surface area contributed by atoms with Crippen molar-refractivity contribution in [3.8, 4) is 0 Å². The van der Waals surface area contributed by atoms with Gasteiger partial charge in [-0.1, -0.05) is 34.1 Å². The smallest absolute Gasteiger partial charge is 0.123 e. The van der Waals surface area contributed by atoms with E-state index in [1.165, 1.54) is 30.3 Å². The summed E-state index contributed by atoms with van der Waals surface area (Å²) in [5.41, 5.74) is 3.73. The summed E-state index contributed by atoms with van der Waals surface area (Å²) in [4.78, 5) is 4.92. The van der Waals surface area contributed by atoms with Crippen molar-refractivity contribution >= 4 is 21.6 Å². The molecule has 0 aromatic heterocycles. The van der Waals surface area contributed by atoms with Gasteiger partial charge in [0, 0.05) is 28.9 Å². The van der Waals surface area contributed by atoms with Crippen molar-refractivity contribution in [2.45, 2.75) is 25.7 Å². The first-order chi connectivity index (χ1) is 14.2. The quantitative estimate of drug-likeness (QED) is 0.644. The normalized spacial score (nSPS) is 18.4. The van der Waals surface area contributed by atoms with E-state index in [4.69, 9.17) is 0 Å². The first-order valence-electron chi connectivity index (χ1n) is 10.6. The van der Waals surface area contributed by atoms with E-state index in [1.54, 1.807) is 6.07 Å². The molecule has 0 aliphatic carbocycles. The summed E-state index contributed by atoms with van der Waals surface area (Å²) < 4.78 is 14.5. The molecule has 3 nitrogen and oxygen atoms in total. The SMILES string of the molecule is Fc1ccc(Br)c(CC2CCN(CCC3=CCN(c4ccccc4)CN3)CC2)c1. The van der Waals surface area contributed by atoms with Crippen LogP contribution in [0.4, 0.5) is 10.1 Å². The highest BCUT2D eigenvalue weighted by Gasteiger charge is 2.21. The molecule has 2 aromatic rings. The van der Waals surface area contributed by atoms with Crippen LogP contribution in [0.1, 0.15) is 24.8 Å². The first-order valence-corrected chi connectivity index (χ1v) is 11.4. The Morgan fingerprint density at radius 2 is 1.86 bits per heavy atom. The molecule has 0 bridgehead atoms. The predicted octanol–water partition coefficient (Wildman–Crippen LogP) is 5.18. The van der Waals surface area contributed by atoms with E-state index < -0.39 is 0 Å². The van der Waals surface area contributed by atoms with E-state index in [0.29, 0.717) is 5.92 Å². The number of nitrogens with zero attached hydrogens (tertiary/aromatic N) is 2. The van der Waals surface area contributed by atoms with Crippen LogP contribution in [0.3, 0.4) is 0 Å². The maximum atomic E-state index is 13.5. The van der Waals surface area contributed by atoms with Crippen LogP contribution < -0.4 is 10.2 Å². The molecule has 154 valence electrons. The van der Waals surface area contributed by atoms with Gasteiger partial charge in [-0.25, -0.2) is 4.39 Å². The van der Waals surface area contributed by atoms with Crippen LogP contribution in [0, 0.1) is 11.7 Å². The van der Waals surface area contributed by atoms with Gasteiger partial charge >= 0.3 is 0 Å². The Balaban J connectivity index is 1.20. The van der Waals surface area contributed by atoms with Crippen molar-refractivity contribution in [1.29, 1.82) is 0 Å². The molecule has 2 aliphatic heterocycles. The van der Waals surface area contributed by atoms with Gasteiger partial charge in [-0.2, -0.15) is 0 Å². The Morgan fingerprint density at radius 3 is 2.59 bits per heavy atom. The zero-order chi connectivity index (χ0) is 20.1. The van der Waals surface area contributed by atoms with Crippen LogP contribution in [0.2, 0.25) is 0 Å². The summed E-state index contributed by atoms with van der Waals surface area (Å²) in [6.07, 6.45) is 6.76. The fraction of sp³-hybridized carbons (Fsp3) is 0.417. The van der Waals surface area contributed by atoms with E-state index >= 15 is 0 Å². The number of anilines is 1. The van der Waals surface area contributed by atoms with Gasteiger partial charge in [0.05, 0.1) is 6.67 Å². The van der Waals surface area contributed by atoms with E-state index in [-0.39, 0.29) is 5.82 Å². The van der Waals surface area contributed by atoms with Crippen molar-refractivity contribution in [2.24, 2.45) is 5.92 Å². The Labute approximate surface area is 181 Å². The second kappa shape index (κ2) is 9.77. The third-order valence-electron chi connectivity index (χ3n) is 6.10. The number of likely N-dealkylation sites (tertiary alicyclic amines) is 1. The van der Waals surface area contributed by atoms with E-state index in [9.17, 15) is 4.39 Å². The standard InChI is InChI=1S/C24H29BrFN3/c25-24-7-6-21(26)17-20(24)16-19-8-12-28(13-9-19)14-10-22-11-15-29(18-27-22)23-4-2-1-3-5-23/h1-7,11,17,19,27H,8-10,12-16,18H2. The highest BCUT2D eigenvalue weighted by molar-refractivity contribution is 9.10. The summed E-state index contributed by atoms with van der Waals surface area (Å²) >= 11 is 3.56. The monoisotopic (exact) mass is 457 g/mol. The number of hydrogen-bond donors (Lipinski definition) is 1. The molecule has 29 heavy (non-hydrogen) atoms. The van der Waals surface area contributed by atoms with Crippen molar-refractivity contribution in [3.63, 3.8) is 0 Å². The largest absolute Gasteiger partial charge is 0.371 e. The zero-order valence-electron chi connectivity index (χ0n) is 16.8. The van der Waals surface area contributed by atoms with Gasteiger partial charge in [0.2, 0.25) is 0 Å². The summed E-state index contributed by atoms with van der Waals surface area (Å²) in [7, 11) is 0. The molecule has 2 aromatic carbocycles. The van der Waals surface area contributed by atoms with E-state index in [1.807, 2.05) is 6.07 Å². The average Bonchev–Trinajstić information content (AvgIpc) is 2.77. The average molecular weight is 458 g/mol. The van der Waals surface area contributed by atoms with Crippen molar-refractivity contribution in [3.05, 3.63) is 76.2 Å². The lowest BCUT2D eigenvalue weighted by atomic mass is 9.90. The lowest BCUT2D eigenvalue weighted by molar-refractivity contribution is 0.185. The molecule has 5 heteroatoms. The van der Waals surface area contributed by atoms with Gasteiger partial charge in [0.15, 0.2) is 0 Å². The van der Waals surface area contributed by atoms with Gasteiger partial charge in [0.1, 0.15) is 5.82 Å². The lowest BCUT2D eigenvalue weighted by Crippen LogP contribution is -2.40. The molecule has 1 fully saturated rings. The second-order valence-electron chi connectivity index (χ2n) is 8.10. The minimum Gasteiger partial charge on any atom is -0.371 e. The van der Waals surface area contributed by atoms with Crippen LogP contribution in [-0.2, 0) is 6.42 Å². The molecular weight excluding hydrogens is 429 g/mol. The van der Waals surface area contributed by atoms with E-state index in [2.05, 4.69) is 67.5 Å². The molecule has 0 atom stereocenters. The highest BCUT2D eigenvalue weighted by Crippen LogP contribution is 2.27. The number of piperidine rings is 1. The molecule has 0 radical (unpaired) electrons. The van der Waals surface area contributed by atoms with Gasteiger partial charge in [0.25, 0.3) is 0 Å². The number of para-hydroxylation sites is 1. The molecule has 0 saturated carbocycles. The van der Waals surface area contributed by atoms with Gasteiger partial charge < -0.3 is 15.1 Å². The predicted molar refractivity (Wildman–Crippen MR) is 121 cm³/mol. The third-order valence-corrected chi connectivity index (χ3v) is 6.87. The third kappa shape index (κ3) is 5.61. The van der Waals surface area contributed by atoms with Gasteiger partial charge in [-0.15, -0.1) is 0 Å². The highest BCUT2D eigenvalue weighted by atomic mass is 79.9. The molecule has 0 amide bonds. The van der Waals surface area contributed by atoms with Crippen LogP contribution >= 0.6 is 15.9 Å². The molecule has 1 saturated heterocycles. The van der Waals surface area contributed by atoms with Crippen LogP contribution in [-0.4, -0.2) is 37.7 Å². The minimum atomic E-state index is -0.139. The van der Waals surface area contributed by atoms with Crippen LogP contribution in [0.25, 0.3) is 0 Å². The van der Waals surface area contributed by atoms with Crippen LogP contribution in [0.15, 0.2) is 64.8 Å². The number of nitrogens with one attached hydrogen (secondary N) is 1.